The maximum atomic E-state index is 11.8. The molecule has 0 aromatic heterocycles. The first-order valence-corrected chi connectivity index (χ1v) is 9.99. The van der Waals surface area contributed by atoms with Crippen molar-refractivity contribution in [1.82, 2.24) is 10.6 Å². The first-order valence-electron chi connectivity index (χ1n) is 8.83. The highest BCUT2D eigenvalue weighted by Gasteiger charge is 2.17. The fourth-order valence-corrected chi connectivity index (χ4v) is 3.38. The molecule has 0 saturated carbocycles. The molecule has 2 amide bonds. The van der Waals surface area contributed by atoms with E-state index in [2.05, 4.69) is 47.0 Å². The van der Waals surface area contributed by atoms with Gasteiger partial charge in [0.15, 0.2) is 0 Å². The van der Waals surface area contributed by atoms with Gasteiger partial charge >= 0.3 is 0 Å². The summed E-state index contributed by atoms with van der Waals surface area (Å²) in [6.45, 7) is 4.28. The second kappa shape index (κ2) is 11.8. The molecule has 0 heterocycles. The monoisotopic (exact) mass is 409 g/mol. The van der Waals surface area contributed by atoms with Crippen LogP contribution in [0.15, 0.2) is 42.5 Å². The van der Waals surface area contributed by atoms with Crippen molar-refractivity contribution in [2.75, 3.05) is 18.8 Å². The van der Waals surface area contributed by atoms with Gasteiger partial charge in [0.25, 0.3) is 0 Å². The van der Waals surface area contributed by atoms with Crippen LogP contribution in [0.2, 0.25) is 0 Å². The third-order valence-corrected chi connectivity index (χ3v) is 5.16. The van der Waals surface area contributed by atoms with Crippen molar-refractivity contribution in [3.05, 3.63) is 48.0 Å². The molecule has 0 radical (unpaired) electrons. The fourth-order valence-electron chi connectivity index (χ4n) is 2.51. The van der Waals surface area contributed by atoms with Crippen LogP contribution in [-0.2, 0) is 15.3 Å². The Morgan fingerprint density at radius 1 is 1.07 bits per heavy atom. The lowest BCUT2D eigenvalue weighted by Crippen LogP contribution is -2.47. The maximum Gasteiger partial charge on any atom is 0.239 e. The van der Waals surface area contributed by atoms with Crippen molar-refractivity contribution in [2.24, 2.45) is 11.7 Å². The van der Waals surface area contributed by atoms with Crippen LogP contribution in [0.5, 0.6) is 0 Å². The minimum atomic E-state index is -0.584. The molecular formula is C20H28ClN3O2S. The Balaban J connectivity index is 0.00000364. The molecule has 0 aliphatic heterocycles. The van der Waals surface area contributed by atoms with E-state index < -0.39 is 6.04 Å². The normalized spacial score (nSPS) is 11.7. The van der Waals surface area contributed by atoms with Gasteiger partial charge in [0, 0.05) is 18.1 Å². The largest absolute Gasteiger partial charge is 0.354 e. The van der Waals surface area contributed by atoms with Crippen LogP contribution in [0.4, 0.5) is 0 Å². The lowest BCUT2D eigenvalue weighted by Gasteiger charge is -2.15. The summed E-state index contributed by atoms with van der Waals surface area (Å²) in [6, 6.07) is 14.1. The van der Waals surface area contributed by atoms with Gasteiger partial charge in [-0.05, 0) is 22.3 Å². The Hall–Kier alpha value is -1.76. The van der Waals surface area contributed by atoms with Gasteiger partial charge in [-0.1, -0.05) is 56.3 Å². The van der Waals surface area contributed by atoms with Crippen LogP contribution >= 0.6 is 24.2 Å². The third kappa shape index (κ3) is 7.40. The lowest BCUT2D eigenvalue weighted by atomic mass is 10.1. The smallest absolute Gasteiger partial charge is 0.239 e. The Bertz CT molecular complexity index is 750. The Morgan fingerprint density at radius 2 is 1.78 bits per heavy atom. The van der Waals surface area contributed by atoms with Crippen LogP contribution in [0, 0.1) is 5.92 Å². The number of halogens is 1. The topological polar surface area (TPSA) is 84.2 Å². The number of nitrogens with two attached hydrogens (primary N) is 1. The molecule has 148 valence electrons. The Kier molecular flexibility index (Phi) is 10.2. The van der Waals surface area contributed by atoms with Crippen molar-refractivity contribution in [1.29, 1.82) is 0 Å². The molecule has 1 atom stereocenters. The van der Waals surface area contributed by atoms with E-state index in [-0.39, 0.29) is 36.7 Å². The van der Waals surface area contributed by atoms with Gasteiger partial charge in [0.1, 0.15) is 0 Å². The zero-order valence-corrected chi connectivity index (χ0v) is 17.4. The second-order valence-electron chi connectivity index (χ2n) is 6.53. The summed E-state index contributed by atoms with van der Waals surface area (Å²) in [5.74, 6) is 1.27. The van der Waals surface area contributed by atoms with Gasteiger partial charge in [0.2, 0.25) is 11.8 Å². The third-order valence-electron chi connectivity index (χ3n) is 4.15. The standard InChI is InChI=1S/C20H27N3O2S.ClH/c1-14(2)19(21)20(25)23-12-18(24)22-10-11-26-13-16-8-5-7-15-6-3-4-9-17(15)16;/h3-9,14,19H,10-13,21H2,1-2H3,(H,22,24)(H,23,25);1H/t19-;/m0./s1. The number of thioether (sulfide) groups is 1. The summed E-state index contributed by atoms with van der Waals surface area (Å²) in [4.78, 5) is 23.5. The van der Waals surface area contributed by atoms with E-state index in [9.17, 15) is 9.59 Å². The highest BCUT2D eigenvalue weighted by atomic mass is 35.5. The molecule has 7 heteroatoms. The predicted octanol–water partition coefficient (Wildman–Crippen LogP) is 2.71. The van der Waals surface area contributed by atoms with Crippen molar-refractivity contribution in [3.63, 3.8) is 0 Å². The summed E-state index contributed by atoms with van der Waals surface area (Å²) in [7, 11) is 0. The number of carbonyl (C=O) groups excluding carboxylic acids is 2. The highest BCUT2D eigenvalue weighted by molar-refractivity contribution is 7.98. The molecule has 0 bridgehead atoms. The molecule has 0 fully saturated rings. The average Bonchev–Trinajstić information content (AvgIpc) is 2.65. The van der Waals surface area contributed by atoms with Gasteiger partial charge in [-0.3, -0.25) is 9.59 Å². The van der Waals surface area contributed by atoms with Crippen LogP contribution in [-0.4, -0.2) is 36.7 Å². The molecule has 0 unspecified atom stereocenters. The van der Waals surface area contributed by atoms with Crippen LogP contribution in [0.25, 0.3) is 10.8 Å². The number of nitrogens with one attached hydrogen (secondary N) is 2. The first-order chi connectivity index (χ1) is 12.5. The van der Waals surface area contributed by atoms with Crippen molar-refractivity contribution in [3.8, 4) is 0 Å². The number of rotatable bonds is 9. The van der Waals surface area contributed by atoms with E-state index in [1.54, 1.807) is 11.8 Å². The van der Waals surface area contributed by atoms with E-state index in [1.807, 2.05) is 19.9 Å². The number of fused-ring (bicyclic) bond motifs is 1. The van der Waals surface area contributed by atoms with Crippen LogP contribution < -0.4 is 16.4 Å². The van der Waals surface area contributed by atoms with E-state index in [0.29, 0.717) is 6.54 Å². The first kappa shape index (κ1) is 23.3. The molecule has 2 rings (SSSR count). The minimum absolute atomic E-state index is 0. The SMILES string of the molecule is CC(C)[C@H](N)C(=O)NCC(=O)NCCSCc1cccc2ccccc12.Cl. The molecule has 0 aliphatic carbocycles. The summed E-state index contributed by atoms with van der Waals surface area (Å²) >= 11 is 1.77. The Labute approximate surface area is 171 Å². The maximum absolute atomic E-state index is 11.8. The lowest BCUT2D eigenvalue weighted by molar-refractivity contribution is -0.127. The van der Waals surface area contributed by atoms with Gasteiger partial charge < -0.3 is 16.4 Å². The summed E-state index contributed by atoms with van der Waals surface area (Å²) in [5, 5.41) is 7.90. The summed E-state index contributed by atoms with van der Waals surface area (Å²) in [5.41, 5.74) is 7.03. The quantitative estimate of drug-likeness (QED) is 0.556. The molecule has 5 nitrogen and oxygen atoms in total. The molecule has 0 spiro atoms. The summed E-state index contributed by atoms with van der Waals surface area (Å²) in [6.07, 6.45) is 0. The number of hydrogen-bond donors (Lipinski definition) is 3. The van der Waals surface area contributed by atoms with Gasteiger partial charge in [-0.25, -0.2) is 0 Å². The van der Waals surface area contributed by atoms with Crippen LogP contribution in [0.3, 0.4) is 0 Å². The molecular weight excluding hydrogens is 382 g/mol. The van der Waals surface area contributed by atoms with Crippen molar-refractivity contribution >= 4 is 46.8 Å². The molecule has 27 heavy (non-hydrogen) atoms. The Morgan fingerprint density at radius 3 is 2.52 bits per heavy atom. The van der Waals surface area contributed by atoms with Crippen molar-refractivity contribution < 1.29 is 9.59 Å². The van der Waals surface area contributed by atoms with Gasteiger partial charge in [-0.2, -0.15) is 11.8 Å². The number of carbonyl (C=O) groups is 2. The molecule has 4 N–H and O–H groups in total. The molecule has 2 aromatic rings. The van der Waals surface area contributed by atoms with Gasteiger partial charge in [0.05, 0.1) is 12.6 Å². The van der Waals surface area contributed by atoms with E-state index in [1.165, 1.54) is 16.3 Å². The molecule has 0 aliphatic rings. The molecule has 2 aromatic carbocycles. The summed E-state index contributed by atoms with van der Waals surface area (Å²) < 4.78 is 0. The number of benzene rings is 2. The minimum Gasteiger partial charge on any atom is -0.354 e. The van der Waals surface area contributed by atoms with Crippen LogP contribution in [0.1, 0.15) is 19.4 Å². The zero-order valence-electron chi connectivity index (χ0n) is 15.7. The zero-order chi connectivity index (χ0) is 18.9. The van der Waals surface area contributed by atoms with E-state index in [4.69, 9.17) is 5.73 Å². The van der Waals surface area contributed by atoms with Crippen molar-refractivity contribution in [2.45, 2.75) is 25.6 Å². The highest BCUT2D eigenvalue weighted by Crippen LogP contribution is 2.22. The second-order valence-corrected chi connectivity index (χ2v) is 7.63. The number of hydrogen-bond acceptors (Lipinski definition) is 4. The average molecular weight is 410 g/mol. The molecule has 0 saturated heterocycles. The predicted molar refractivity (Wildman–Crippen MR) is 116 cm³/mol. The van der Waals surface area contributed by atoms with Gasteiger partial charge in [-0.15, -0.1) is 12.4 Å². The van der Waals surface area contributed by atoms with E-state index in [0.717, 1.165) is 11.5 Å². The number of amides is 2. The van der Waals surface area contributed by atoms with E-state index >= 15 is 0 Å². The fraction of sp³-hybridized carbons (Fsp3) is 0.400.